The summed E-state index contributed by atoms with van der Waals surface area (Å²) in [5, 5.41) is 10.7. The minimum atomic E-state index is 0.0706. The lowest BCUT2D eigenvalue weighted by Crippen LogP contribution is -2.16. The lowest BCUT2D eigenvalue weighted by molar-refractivity contribution is 0.483. The molecule has 0 aromatic carbocycles. The summed E-state index contributed by atoms with van der Waals surface area (Å²) >= 11 is 1.71. The molecule has 0 aliphatic heterocycles. The number of hydrogen-bond donors (Lipinski definition) is 1. The fourth-order valence-corrected chi connectivity index (χ4v) is 3.30. The quantitative estimate of drug-likeness (QED) is 0.860. The Bertz CT molecular complexity index is 328. The zero-order valence-corrected chi connectivity index (χ0v) is 10.3. The van der Waals surface area contributed by atoms with Gasteiger partial charge in [-0.15, -0.1) is 10.2 Å². The van der Waals surface area contributed by atoms with Crippen molar-refractivity contribution in [2.45, 2.75) is 57.4 Å². The van der Waals surface area contributed by atoms with Gasteiger partial charge in [-0.1, -0.05) is 38.0 Å². The van der Waals surface area contributed by atoms with Crippen molar-refractivity contribution in [1.29, 1.82) is 0 Å². The molecule has 0 saturated heterocycles. The van der Waals surface area contributed by atoms with E-state index in [1.54, 1.807) is 11.3 Å². The molecule has 1 fully saturated rings. The molecule has 1 aromatic heterocycles. The average Bonchev–Trinajstić information content (AvgIpc) is 2.85. The Labute approximate surface area is 95.1 Å². The summed E-state index contributed by atoms with van der Waals surface area (Å²) in [6.45, 7) is 4.39. The first kappa shape index (κ1) is 11.0. The van der Waals surface area contributed by atoms with Crippen molar-refractivity contribution in [3.63, 3.8) is 0 Å². The van der Waals surface area contributed by atoms with Crippen LogP contribution in [0.2, 0.25) is 0 Å². The molecule has 1 aliphatic carbocycles. The van der Waals surface area contributed by atoms with Gasteiger partial charge in [0, 0.05) is 5.41 Å². The Kier molecular flexibility index (Phi) is 3.07. The van der Waals surface area contributed by atoms with Crippen LogP contribution in [0.15, 0.2) is 0 Å². The minimum Gasteiger partial charge on any atom is -0.322 e. The molecule has 3 nitrogen and oxygen atoms in total. The van der Waals surface area contributed by atoms with Gasteiger partial charge >= 0.3 is 0 Å². The van der Waals surface area contributed by atoms with Gasteiger partial charge < -0.3 is 5.73 Å². The molecule has 1 heterocycles. The summed E-state index contributed by atoms with van der Waals surface area (Å²) in [6.07, 6.45) is 6.09. The summed E-state index contributed by atoms with van der Waals surface area (Å²) in [7, 11) is 0. The van der Waals surface area contributed by atoms with Crippen molar-refractivity contribution in [2.75, 3.05) is 0 Å². The van der Waals surface area contributed by atoms with Crippen LogP contribution in [-0.2, 0) is 5.41 Å². The van der Waals surface area contributed by atoms with Gasteiger partial charge in [0.2, 0.25) is 0 Å². The van der Waals surface area contributed by atoms with Gasteiger partial charge in [-0.25, -0.2) is 0 Å². The highest BCUT2D eigenvalue weighted by Crippen LogP contribution is 2.42. The molecule has 0 amide bonds. The minimum absolute atomic E-state index is 0.0706. The van der Waals surface area contributed by atoms with Crippen LogP contribution < -0.4 is 5.73 Å². The molecule has 2 N–H and O–H groups in total. The SMILES string of the molecule is CCC(N)c1nnc(C2(C)CCCC2)s1. The van der Waals surface area contributed by atoms with Crippen molar-refractivity contribution >= 4 is 11.3 Å². The molecule has 1 aliphatic rings. The van der Waals surface area contributed by atoms with Crippen LogP contribution in [0, 0.1) is 0 Å². The highest BCUT2D eigenvalue weighted by Gasteiger charge is 2.34. The zero-order chi connectivity index (χ0) is 10.9. The maximum absolute atomic E-state index is 5.96. The van der Waals surface area contributed by atoms with E-state index in [-0.39, 0.29) is 11.5 Å². The molecule has 2 rings (SSSR count). The fraction of sp³-hybridized carbons (Fsp3) is 0.818. The maximum atomic E-state index is 5.96. The van der Waals surface area contributed by atoms with E-state index in [9.17, 15) is 0 Å². The Morgan fingerprint density at radius 1 is 1.40 bits per heavy atom. The Balaban J connectivity index is 2.19. The van der Waals surface area contributed by atoms with Crippen LogP contribution in [0.1, 0.15) is 62.0 Å². The Morgan fingerprint density at radius 3 is 2.67 bits per heavy atom. The lowest BCUT2D eigenvalue weighted by atomic mass is 9.90. The lowest BCUT2D eigenvalue weighted by Gasteiger charge is -2.18. The third-order valence-electron chi connectivity index (χ3n) is 3.42. The highest BCUT2D eigenvalue weighted by molar-refractivity contribution is 7.11. The molecule has 1 aromatic rings. The van der Waals surface area contributed by atoms with Gasteiger partial charge in [-0.2, -0.15) is 0 Å². The molecular weight excluding hydrogens is 206 g/mol. The monoisotopic (exact) mass is 225 g/mol. The van der Waals surface area contributed by atoms with E-state index in [4.69, 9.17) is 5.73 Å². The summed E-state index contributed by atoms with van der Waals surface area (Å²) in [4.78, 5) is 0. The first-order chi connectivity index (χ1) is 7.15. The summed E-state index contributed by atoms with van der Waals surface area (Å²) in [5.41, 5.74) is 6.24. The fourth-order valence-electron chi connectivity index (χ4n) is 2.17. The number of nitrogens with two attached hydrogens (primary N) is 1. The molecule has 0 spiro atoms. The van der Waals surface area contributed by atoms with Gasteiger partial charge in [-0.3, -0.25) is 0 Å². The molecule has 0 bridgehead atoms. The smallest absolute Gasteiger partial charge is 0.134 e. The standard InChI is InChI=1S/C11H19N3S/c1-3-8(12)9-13-14-10(15-9)11(2)6-4-5-7-11/h8H,3-7,12H2,1-2H3. The average molecular weight is 225 g/mol. The molecular formula is C11H19N3S. The van der Waals surface area contributed by atoms with E-state index in [2.05, 4.69) is 24.0 Å². The molecule has 1 atom stereocenters. The van der Waals surface area contributed by atoms with Crippen LogP contribution in [0.3, 0.4) is 0 Å². The van der Waals surface area contributed by atoms with Crippen LogP contribution in [0.5, 0.6) is 0 Å². The number of nitrogens with zero attached hydrogens (tertiary/aromatic N) is 2. The van der Waals surface area contributed by atoms with Gasteiger partial charge in [0.15, 0.2) is 0 Å². The predicted octanol–water partition coefficient (Wildman–Crippen LogP) is 2.78. The molecule has 4 heteroatoms. The van der Waals surface area contributed by atoms with Gasteiger partial charge in [0.25, 0.3) is 0 Å². The van der Waals surface area contributed by atoms with E-state index in [1.807, 2.05) is 0 Å². The first-order valence-corrected chi connectivity index (χ1v) is 6.57. The van der Waals surface area contributed by atoms with Gasteiger partial charge in [0.05, 0.1) is 6.04 Å². The number of hydrogen-bond acceptors (Lipinski definition) is 4. The maximum Gasteiger partial charge on any atom is 0.134 e. The number of rotatable bonds is 3. The normalized spacial score (nSPS) is 21.8. The second kappa shape index (κ2) is 4.18. The van der Waals surface area contributed by atoms with E-state index in [0.29, 0.717) is 0 Å². The highest BCUT2D eigenvalue weighted by atomic mass is 32.1. The third-order valence-corrected chi connectivity index (χ3v) is 4.78. The summed E-state index contributed by atoms with van der Waals surface area (Å²) in [5.74, 6) is 0. The van der Waals surface area contributed by atoms with E-state index >= 15 is 0 Å². The van der Waals surface area contributed by atoms with Crippen molar-refractivity contribution in [3.05, 3.63) is 10.0 Å². The van der Waals surface area contributed by atoms with E-state index < -0.39 is 0 Å². The van der Waals surface area contributed by atoms with Crippen molar-refractivity contribution in [1.82, 2.24) is 10.2 Å². The van der Waals surface area contributed by atoms with Crippen LogP contribution in [0.25, 0.3) is 0 Å². The molecule has 15 heavy (non-hydrogen) atoms. The molecule has 1 unspecified atom stereocenters. The predicted molar refractivity (Wildman–Crippen MR) is 62.9 cm³/mol. The third kappa shape index (κ3) is 2.06. The summed E-state index contributed by atoms with van der Waals surface area (Å²) < 4.78 is 0. The second-order valence-electron chi connectivity index (χ2n) is 4.73. The van der Waals surface area contributed by atoms with E-state index in [1.165, 1.54) is 30.7 Å². The van der Waals surface area contributed by atoms with Crippen LogP contribution >= 0.6 is 11.3 Å². The van der Waals surface area contributed by atoms with Crippen molar-refractivity contribution in [2.24, 2.45) is 5.73 Å². The van der Waals surface area contributed by atoms with Crippen molar-refractivity contribution in [3.8, 4) is 0 Å². The van der Waals surface area contributed by atoms with Gasteiger partial charge in [-0.05, 0) is 19.3 Å². The second-order valence-corrected chi connectivity index (χ2v) is 5.74. The Hall–Kier alpha value is -0.480. The van der Waals surface area contributed by atoms with Crippen LogP contribution in [-0.4, -0.2) is 10.2 Å². The van der Waals surface area contributed by atoms with E-state index in [0.717, 1.165) is 11.4 Å². The van der Waals surface area contributed by atoms with Gasteiger partial charge in [0.1, 0.15) is 10.0 Å². The largest absolute Gasteiger partial charge is 0.322 e. The molecule has 1 saturated carbocycles. The summed E-state index contributed by atoms with van der Waals surface area (Å²) in [6, 6.07) is 0.0706. The first-order valence-electron chi connectivity index (χ1n) is 5.75. The Morgan fingerprint density at radius 2 is 2.07 bits per heavy atom. The van der Waals surface area contributed by atoms with Crippen LogP contribution in [0.4, 0.5) is 0 Å². The molecule has 0 radical (unpaired) electrons. The topological polar surface area (TPSA) is 51.8 Å². The zero-order valence-electron chi connectivity index (χ0n) is 9.49. The number of aromatic nitrogens is 2. The van der Waals surface area contributed by atoms with Crippen molar-refractivity contribution < 1.29 is 0 Å². The molecule has 84 valence electrons.